The largest absolute Gasteiger partial charge is 2.00 e. The molecule has 0 saturated carbocycles. The SMILES string of the molecule is [AlH3].[Br-].[Br-].[Mg+2]. The van der Waals surface area contributed by atoms with Crippen molar-refractivity contribution in [2.75, 3.05) is 0 Å². The predicted octanol–water partition coefficient (Wildman–Crippen LogP) is -7.56. The summed E-state index contributed by atoms with van der Waals surface area (Å²) >= 11 is 0. The van der Waals surface area contributed by atoms with Gasteiger partial charge in [-0.1, -0.05) is 0 Å². The van der Waals surface area contributed by atoms with Crippen LogP contribution in [0.4, 0.5) is 0 Å². The first kappa shape index (κ1) is 33.9. The minimum Gasteiger partial charge on any atom is -1.00 e. The smallest absolute Gasteiger partial charge is 1.00 e. The molecule has 0 heterocycles. The Kier molecular flexibility index (Phi) is 159. The van der Waals surface area contributed by atoms with Crippen LogP contribution < -0.4 is 34.0 Å². The van der Waals surface area contributed by atoms with Gasteiger partial charge in [0.05, 0.1) is 0 Å². The van der Waals surface area contributed by atoms with Crippen molar-refractivity contribution < 1.29 is 34.0 Å². The van der Waals surface area contributed by atoms with Crippen molar-refractivity contribution in [3.63, 3.8) is 0 Å². The Morgan fingerprint density at radius 2 is 0.750 bits per heavy atom. The van der Waals surface area contributed by atoms with Crippen LogP contribution in [0.5, 0.6) is 0 Å². The van der Waals surface area contributed by atoms with E-state index >= 15 is 0 Å². The van der Waals surface area contributed by atoms with E-state index in [1.165, 1.54) is 0 Å². The number of halogens is 2. The fraction of sp³-hybridized carbons (Fsp3) is 0. The first-order valence-corrected chi connectivity index (χ1v) is 0. The maximum absolute atomic E-state index is 0. The van der Waals surface area contributed by atoms with Crippen molar-refractivity contribution in [2.45, 2.75) is 0 Å². The van der Waals surface area contributed by atoms with E-state index < -0.39 is 0 Å². The van der Waals surface area contributed by atoms with E-state index in [9.17, 15) is 0 Å². The topological polar surface area (TPSA) is 0 Å². The molecule has 0 nitrogen and oxygen atoms in total. The van der Waals surface area contributed by atoms with Crippen LogP contribution >= 0.6 is 0 Å². The van der Waals surface area contributed by atoms with Gasteiger partial charge >= 0.3 is 23.1 Å². The molecule has 0 aliphatic rings. The fourth-order valence-electron chi connectivity index (χ4n) is 0. The van der Waals surface area contributed by atoms with E-state index in [1.54, 1.807) is 0 Å². The summed E-state index contributed by atoms with van der Waals surface area (Å²) in [6.07, 6.45) is 0. The summed E-state index contributed by atoms with van der Waals surface area (Å²) in [7, 11) is 0. The first-order chi connectivity index (χ1) is 0. The minimum absolute atomic E-state index is 0. The third kappa shape index (κ3) is 8.86. The van der Waals surface area contributed by atoms with Gasteiger partial charge in [0.1, 0.15) is 0 Å². The van der Waals surface area contributed by atoms with Gasteiger partial charge in [-0.05, 0) is 0 Å². The molecule has 22 valence electrons. The van der Waals surface area contributed by atoms with Crippen molar-refractivity contribution in [1.29, 1.82) is 0 Å². The quantitative estimate of drug-likeness (QED) is 0.351. The van der Waals surface area contributed by atoms with E-state index in [4.69, 9.17) is 0 Å². The molecule has 0 aromatic carbocycles. The Morgan fingerprint density at radius 3 is 0.750 bits per heavy atom. The van der Waals surface area contributed by atoms with E-state index in [0.29, 0.717) is 0 Å². The molecule has 0 radical (unpaired) electrons. The van der Waals surface area contributed by atoms with Crippen molar-refractivity contribution >= 4 is 40.4 Å². The summed E-state index contributed by atoms with van der Waals surface area (Å²) in [5.74, 6) is 0. The van der Waals surface area contributed by atoms with Crippen LogP contribution in [0.25, 0.3) is 0 Å². The molecular weight excluding hydrogens is 211 g/mol. The summed E-state index contributed by atoms with van der Waals surface area (Å²) < 4.78 is 0. The minimum atomic E-state index is 0. The van der Waals surface area contributed by atoms with Crippen molar-refractivity contribution in [1.82, 2.24) is 0 Å². The van der Waals surface area contributed by atoms with Crippen LogP contribution in [0.15, 0.2) is 0 Å². The normalized spacial score (nSPS) is 0. The van der Waals surface area contributed by atoms with Crippen LogP contribution in [0.1, 0.15) is 0 Å². The molecule has 0 N–H and O–H groups in total. The zero-order valence-electron chi connectivity index (χ0n) is 1.46. The second-order valence-corrected chi connectivity index (χ2v) is 0. The van der Waals surface area contributed by atoms with Crippen molar-refractivity contribution in [2.24, 2.45) is 0 Å². The molecule has 4 heavy (non-hydrogen) atoms. The maximum Gasteiger partial charge on any atom is 2.00 e. The second-order valence-electron chi connectivity index (χ2n) is 0. The van der Waals surface area contributed by atoms with E-state index in [-0.39, 0.29) is 74.4 Å². The summed E-state index contributed by atoms with van der Waals surface area (Å²) in [6.45, 7) is 0. The van der Waals surface area contributed by atoms with Gasteiger partial charge < -0.3 is 34.0 Å². The Bertz CT molecular complexity index is 6.00. The Morgan fingerprint density at radius 1 is 0.750 bits per heavy atom. The molecule has 0 atom stereocenters. The van der Waals surface area contributed by atoms with Gasteiger partial charge in [-0.2, -0.15) is 0 Å². The molecule has 0 saturated heterocycles. The molecular formula is H3AlBr2Mg. The molecule has 0 bridgehead atoms. The van der Waals surface area contributed by atoms with Gasteiger partial charge in [-0.25, -0.2) is 0 Å². The summed E-state index contributed by atoms with van der Waals surface area (Å²) in [6, 6.07) is 0. The molecule has 0 aliphatic carbocycles. The third-order valence-corrected chi connectivity index (χ3v) is 0. The van der Waals surface area contributed by atoms with Gasteiger partial charge in [0.25, 0.3) is 0 Å². The Hall–Kier alpha value is 2.26. The van der Waals surface area contributed by atoms with Crippen LogP contribution in [0, 0.1) is 0 Å². The van der Waals surface area contributed by atoms with Gasteiger partial charge in [0.15, 0.2) is 17.4 Å². The molecule has 0 spiro atoms. The fourth-order valence-corrected chi connectivity index (χ4v) is 0. The monoisotopic (exact) mass is 212 g/mol. The second kappa shape index (κ2) is 18.7. The average molecular weight is 214 g/mol. The van der Waals surface area contributed by atoms with Gasteiger partial charge in [-0.15, -0.1) is 0 Å². The standard InChI is InChI=1S/Al.2BrH.Mg.3H/h;2*1H;;;;/q;;;+2;;;/p-2. The summed E-state index contributed by atoms with van der Waals surface area (Å²) in [5.41, 5.74) is 0. The number of hydrogen-bond acceptors (Lipinski definition) is 0. The van der Waals surface area contributed by atoms with Crippen molar-refractivity contribution in [3.8, 4) is 0 Å². The zero-order chi connectivity index (χ0) is 0. The van der Waals surface area contributed by atoms with E-state index in [2.05, 4.69) is 0 Å². The molecule has 0 amide bonds. The van der Waals surface area contributed by atoms with Gasteiger partial charge in [0.2, 0.25) is 0 Å². The predicted molar refractivity (Wildman–Crippen MR) is 15.7 cm³/mol. The average Bonchev–Trinajstić information content (AvgIpc) is 0. The molecule has 0 aliphatic heterocycles. The Balaban J connectivity index is 0. The number of rotatable bonds is 0. The van der Waals surface area contributed by atoms with Crippen molar-refractivity contribution in [3.05, 3.63) is 0 Å². The summed E-state index contributed by atoms with van der Waals surface area (Å²) in [5, 5.41) is 0. The molecule has 0 rings (SSSR count). The Labute approximate surface area is 73.5 Å². The molecule has 0 unspecified atom stereocenters. The van der Waals surface area contributed by atoms with E-state index in [1.807, 2.05) is 0 Å². The number of hydrogen-bond donors (Lipinski definition) is 0. The summed E-state index contributed by atoms with van der Waals surface area (Å²) in [4.78, 5) is 0. The molecule has 0 fully saturated rings. The molecule has 0 aromatic rings. The van der Waals surface area contributed by atoms with Crippen LogP contribution in [-0.2, 0) is 0 Å². The molecule has 0 aromatic heterocycles. The van der Waals surface area contributed by atoms with E-state index in [0.717, 1.165) is 0 Å². The van der Waals surface area contributed by atoms with Gasteiger partial charge in [0, 0.05) is 0 Å². The van der Waals surface area contributed by atoms with Gasteiger partial charge in [-0.3, -0.25) is 0 Å². The maximum atomic E-state index is 0. The van der Waals surface area contributed by atoms with Crippen LogP contribution in [-0.4, -0.2) is 40.4 Å². The third-order valence-electron chi connectivity index (χ3n) is 0. The van der Waals surface area contributed by atoms with Crippen LogP contribution in [0.3, 0.4) is 0 Å². The zero-order valence-corrected chi connectivity index (χ0v) is 6.05. The molecule has 4 heteroatoms. The van der Waals surface area contributed by atoms with Crippen LogP contribution in [0.2, 0.25) is 0 Å². The first-order valence-electron chi connectivity index (χ1n) is 0.